The van der Waals surface area contributed by atoms with Gasteiger partial charge in [0.2, 0.25) is 0 Å². The Morgan fingerprint density at radius 1 is 1.00 bits per heavy atom. The normalized spacial score (nSPS) is 12.1. The number of hydrogen-bond donors (Lipinski definition) is 0. The van der Waals surface area contributed by atoms with Gasteiger partial charge in [-0.15, -0.1) is 0 Å². The lowest BCUT2D eigenvalue weighted by Gasteiger charge is -1.99. The fourth-order valence-electron chi connectivity index (χ4n) is 1.31. The van der Waals surface area contributed by atoms with Gasteiger partial charge in [-0.2, -0.15) is 0 Å². The predicted molar refractivity (Wildman–Crippen MR) is 57.4 cm³/mol. The Balaban J connectivity index is 3.29. The minimum atomic E-state index is 1.29. The van der Waals surface area contributed by atoms with Gasteiger partial charge in [0, 0.05) is 0 Å². The van der Waals surface area contributed by atoms with E-state index >= 15 is 0 Å². The molecule has 0 aromatic heterocycles. The van der Waals surface area contributed by atoms with Crippen molar-refractivity contribution in [3.8, 4) is 0 Å². The third-order valence-electron chi connectivity index (χ3n) is 2.23. The third kappa shape index (κ3) is 7.84. The van der Waals surface area contributed by atoms with E-state index in [4.69, 9.17) is 0 Å². The average molecular weight is 168 g/mol. The molecule has 0 heteroatoms. The molecule has 0 unspecified atom stereocenters. The Hall–Kier alpha value is -0.260. The molecule has 0 spiro atoms. The number of rotatable bonds is 7. The Morgan fingerprint density at radius 2 is 1.67 bits per heavy atom. The molecule has 0 aliphatic heterocycles. The number of hydrogen-bond acceptors (Lipinski definition) is 0. The van der Waals surface area contributed by atoms with Crippen LogP contribution in [-0.4, -0.2) is 0 Å². The van der Waals surface area contributed by atoms with Crippen LogP contribution in [0.15, 0.2) is 11.6 Å². The molecule has 12 heavy (non-hydrogen) atoms. The zero-order valence-electron chi connectivity index (χ0n) is 9.03. The second-order valence-corrected chi connectivity index (χ2v) is 3.65. The summed E-state index contributed by atoms with van der Waals surface area (Å²) in [6, 6.07) is 0. The molecular formula is C12H24. The van der Waals surface area contributed by atoms with Crippen LogP contribution in [-0.2, 0) is 0 Å². The summed E-state index contributed by atoms with van der Waals surface area (Å²) < 4.78 is 0. The van der Waals surface area contributed by atoms with Gasteiger partial charge in [-0.05, 0) is 26.2 Å². The fraction of sp³-hybridized carbons (Fsp3) is 0.833. The Morgan fingerprint density at radius 3 is 2.25 bits per heavy atom. The molecule has 0 aromatic rings. The lowest BCUT2D eigenvalue weighted by atomic mass is 10.1. The first kappa shape index (κ1) is 11.7. The summed E-state index contributed by atoms with van der Waals surface area (Å²) in [7, 11) is 0. The molecule has 0 atom stereocenters. The van der Waals surface area contributed by atoms with Crippen LogP contribution in [0.2, 0.25) is 0 Å². The van der Waals surface area contributed by atoms with E-state index in [2.05, 4.69) is 26.8 Å². The highest BCUT2D eigenvalue weighted by Gasteiger charge is 1.89. The summed E-state index contributed by atoms with van der Waals surface area (Å²) in [4.78, 5) is 0. The summed E-state index contributed by atoms with van der Waals surface area (Å²) in [5, 5.41) is 0. The first-order chi connectivity index (χ1) is 5.81. The van der Waals surface area contributed by atoms with E-state index in [1.54, 1.807) is 5.57 Å². The molecule has 0 rings (SSSR count). The average Bonchev–Trinajstić information content (AvgIpc) is 2.06. The summed E-state index contributed by atoms with van der Waals surface area (Å²) in [5.74, 6) is 0. The van der Waals surface area contributed by atoms with Crippen LogP contribution in [0.1, 0.15) is 65.7 Å². The maximum atomic E-state index is 2.42. The molecule has 0 heterocycles. The standard InChI is InChI=1S/C12H24/c1-4-6-8-10-12(3)11-9-7-5-2/h10H,4-9,11H2,1-3H3/b12-10-. The highest BCUT2D eigenvalue weighted by molar-refractivity contribution is 4.97. The van der Waals surface area contributed by atoms with Crippen molar-refractivity contribution < 1.29 is 0 Å². The summed E-state index contributed by atoms with van der Waals surface area (Å²) in [5.41, 5.74) is 1.59. The molecule has 0 bridgehead atoms. The molecule has 0 radical (unpaired) electrons. The Labute approximate surface area is 78.1 Å². The van der Waals surface area contributed by atoms with E-state index < -0.39 is 0 Å². The van der Waals surface area contributed by atoms with E-state index in [1.165, 1.54) is 44.9 Å². The molecule has 0 saturated heterocycles. The minimum Gasteiger partial charge on any atom is -0.0856 e. The second-order valence-electron chi connectivity index (χ2n) is 3.65. The monoisotopic (exact) mass is 168 g/mol. The number of allylic oxidation sites excluding steroid dienone is 2. The van der Waals surface area contributed by atoms with Crippen molar-refractivity contribution in [1.82, 2.24) is 0 Å². The molecule has 0 nitrogen and oxygen atoms in total. The summed E-state index contributed by atoms with van der Waals surface area (Å²) >= 11 is 0. The molecule has 0 aliphatic carbocycles. The van der Waals surface area contributed by atoms with Crippen LogP contribution in [0.4, 0.5) is 0 Å². The quantitative estimate of drug-likeness (QED) is 0.382. The molecule has 0 N–H and O–H groups in total. The third-order valence-corrected chi connectivity index (χ3v) is 2.23. The predicted octanol–water partition coefficient (Wildman–Crippen LogP) is 4.70. The van der Waals surface area contributed by atoms with Crippen LogP contribution in [0.5, 0.6) is 0 Å². The van der Waals surface area contributed by atoms with Gasteiger partial charge in [0.05, 0.1) is 0 Å². The lowest BCUT2D eigenvalue weighted by Crippen LogP contribution is -1.79. The van der Waals surface area contributed by atoms with E-state index in [0.29, 0.717) is 0 Å². The lowest BCUT2D eigenvalue weighted by molar-refractivity contribution is 0.708. The van der Waals surface area contributed by atoms with Gasteiger partial charge >= 0.3 is 0 Å². The van der Waals surface area contributed by atoms with E-state index in [1.807, 2.05) is 0 Å². The van der Waals surface area contributed by atoms with Crippen molar-refractivity contribution in [3.63, 3.8) is 0 Å². The van der Waals surface area contributed by atoms with Crippen molar-refractivity contribution in [2.45, 2.75) is 65.7 Å². The van der Waals surface area contributed by atoms with Crippen LogP contribution < -0.4 is 0 Å². The van der Waals surface area contributed by atoms with Crippen LogP contribution in [0.3, 0.4) is 0 Å². The Bertz CT molecular complexity index is 111. The van der Waals surface area contributed by atoms with Gasteiger partial charge < -0.3 is 0 Å². The number of unbranched alkanes of at least 4 members (excludes halogenated alkanes) is 4. The van der Waals surface area contributed by atoms with Gasteiger partial charge in [-0.25, -0.2) is 0 Å². The zero-order valence-corrected chi connectivity index (χ0v) is 9.03. The SMILES string of the molecule is CCCC/C=C(/C)CCCCC. The molecule has 72 valence electrons. The topological polar surface area (TPSA) is 0 Å². The van der Waals surface area contributed by atoms with Gasteiger partial charge in [-0.3, -0.25) is 0 Å². The van der Waals surface area contributed by atoms with Crippen molar-refractivity contribution in [2.24, 2.45) is 0 Å². The van der Waals surface area contributed by atoms with Crippen LogP contribution in [0, 0.1) is 0 Å². The van der Waals surface area contributed by atoms with Crippen molar-refractivity contribution in [2.75, 3.05) is 0 Å². The molecular weight excluding hydrogens is 144 g/mol. The van der Waals surface area contributed by atoms with Gasteiger partial charge in [0.1, 0.15) is 0 Å². The molecule has 0 saturated carbocycles. The first-order valence-electron chi connectivity index (χ1n) is 5.46. The molecule has 0 amide bonds. The maximum absolute atomic E-state index is 2.42. The van der Waals surface area contributed by atoms with Crippen LogP contribution >= 0.6 is 0 Å². The van der Waals surface area contributed by atoms with E-state index in [0.717, 1.165) is 0 Å². The molecule has 0 aliphatic rings. The Kier molecular flexibility index (Phi) is 8.64. The fourth-order valence-corrected chi connectivity index (χ4v) is 1.31. The van der Waals surface area contributed by atoms with Gasteiger partial charge in [0.15, 0.2) is 0 Å². The summed E-state index contributed by atoms with van der Waals surface area (Å²) in [6.07, 6.45) is 11.8. The first-order valence-corrected chi connectivity index (χ1v) is 5.46. The highest BCUT2D eigenvalue weighted by atomic mass is 14.0. The van der Waals surface area contributed by atoms with Gasteiger partial charge in [-0.1, -0.05) is 51.2 Å². The largest absolute Gasteiger partial charge is 0.0856 e. The smallest absolute Gasteiger partial charge is 0.0323 e. The van der Waals surface area contributed by atoms with Gasteiger partial charge in [0.25, 0.3) is 0 Å². The highest BCUT2D eigenvalue weighted by Crippen LogP contribution is 2.09. The maximum Gasteiger partial charge on any atom is -0.0323 e. The molecule has 0 fully saturated rings. The van der Waals surface area contributed by atoms with Crippen LogP contribution in [0.25, 0.3) is 0 Å². The van der Waals surface area contributed by atoms with E-state index in [9.17, 15) is 0 Å². The van der Waals surface area contributed by atoms with Crippen molar-refractivity contribution in [3.05, 3.63) is 11.6 Å². The second kappa shape index (κ2) is 8.83. The summed E-state index contributed by atoms with van der Waals surface area (Å²) in [6.45, 7) is 6.78. The van der Waals surface area contributed by atoms with Crippen molar-refractivity contribution in [1.29, 1.82) is 0 Å². The van der Waals surface area contributed by atoms with Crippen molar-refractivity contribution >= 4 is 0 Å². The minimum absolute atomic E-state index is 1.29. The zero-order chi connectivity index (χ0) is 9.23. The van der Waals surface area contributed by atoms with E-state index in [-0.39, 0.29) is 0 Å². The molecule has 0 aromatic carbocycles.